The van der Waals surface area contributed by atoms with E-state index in [1.807, 2.05) is 12.1 Å². The highest BCUT2D eigenvalue weighted by molar-refractivity contribution is 14.0. The van der Waals surface area contributed by atoms with Gasteiger partial charge in [0.2, 0.25) is 0 Å². The largest absolute Gasteiger partial charge is 0.497 e. The number of nitrogens with zero attached hydrogens (tertiary/aromatic N) is 3. The van der Waals surface area contributed by atoms with Crippen molar-refractivity contribution in [2.24, 2.45) is 4.99 Å². The molecule has 176 valence electrons. The number of hydrogen-bond acceptors (Lipinski definition) is 4. The average molecular weight is 555 g/mol. The van der Waals surface area contributed by atoms with Crippen molar-refractivity contribution in [3.8, 4) is 5.75 Å². The van der Waals surface area contributed by atoms with Crippen LogP contribution in [0, 0.1) is 0 Å². The van der Waals surface area contributed by atoms with Crippen LogP contribution in [0.4, 0.5) is 13.2 Å². The molecule has 2 unspecified atom stereocenters. The Hall–Kier alpha value is -1.27. The molecule has 0 bridgehead atoms. The van der Waals surface area contributed by atoms with Gasteiger partial charge in [0, 0.05) is 32.7 Å². The molecule has 2 N–H and O–H groups in total. The van der Waals surface area contributed by atoms with Gasteiger partial charge in [-0.3, -0.25) is 14.8 Å². The monoisotopic (exact) mass is 555 g/mol. The molecular weight excluding hydrogens is 522 g/mol. The van der Waals surface area contributed by atoms with E-state index in [1.54, 1.807) is 14.2 Å². The molecule has 2 aliphatic rings. The van der Waals surface area contributed by atoms with Gasteiger partial charge in [-0.15, -0.1) is 24.0 Å². The van der Waals surface area contributed by atoms with Gasteiger partial charge in [-0.2, -0.15) is 13.2 Å². The van der Waals surface area contributed by atoms with Crippen LogP contribution in [-0.4, -0.2) is 81.4 Å². The molecule has 0 aromatic heterocycles. The van der Waals surface area contributed by atoms with Gasteiger partial charge in [-0.25, -0.2) is 0 Å². The highest BCUT2D eigenvalue weighted by atomic mass is 127. The van der Waals surface area contributed by atoms with Crippen molar-refractivity contribution in [2.45, 2.75) is 37.5 Å². The molecule has 6 nitrogen and oxygen atoms in total. The number of halogens is 4. The van der Waals surface area contributed by atoms with E-state index in [-0.39, 0.29) is 36.1 Å². The zero-order chi connectivity index (χ0) is 21.6. The average Bonchev–Trinajstić information content (AvgIpc) is 3.38. The summed E-state index contributed by atoms with van der Waals surface area (Å²) in [4.78, 5) is 8.18. The Balaban J connectivity index is 0.00000341. The lowest BCUT2D eigenvalue weighted by atomic mass is 10.1. The number of alkyl halides is 3. The van der Waals surface area contributed by atoms with Crippen LogP contribution in [0.15, 0.2) is 29.3 Å². The first-order valence-corrected chi connectivity index (χ1v) is 10.5. The van der Waals surface area contributed by atoms with E-state index in [9.17, 15) is 13.2 Å². The molecule has 1 aromatic carbocycles. The maximum Gasteiger partial charge on any atom is 0.401 e. The third kappa shape index (κ3) is 7.98. The molecule has 0 aliphatic carbocycles. The Labute approximate surface area is 199 Å². The third-order valence-corrected chi connectivity index (χ3v) is 5.76. The highest BCUT2D eigenvalue weighted by Crippen LogP contribution is 2.27. The van der Waals surface area contributed by atoms with E-state index in [1.165, 1.54) is 23.3 Å². The molecule has 2 fully saturated rings. The molecule has 31 heavy (non-hydrogen) atoms. The maximum atomic E-state index is 12.6. The van der Waals surface area contributed by atoms with Crippen LogP contribution in [-0.2, 0) is 0 Å². The molecule has 2 saturated heterocycles. The van der Waals surface area contributed by atoms with Crippen LogP contribution >= 0.6 is 24.0 Å². The van der Waals surface area contributed by atoms with Gasteiger partial charge < -0.3 is 15.4 Å². The second-order valence-corrected chi connectivity index (χ2v) is 7.97. The number of rotatable bonds is 7. The number of guanidine groups is 1. The summed E-state index contributed by atoms with van der Waals surface area (Å²) in [7, 11) is 3.35. The zero-order valence-corrected chi connectivity index (χ0v) is 20.5. The first-order valence-electron chi connectivity index (χ1n) is 10.5. The summed E-state index contributed by atoms with van der Waals surface area (Å²) in [5.41, 5.74) is 1.18. The summed E-state index contributed by atoms with van der Waals surface area (Å²) in [6.45, 7) is 2.70. The third-order valence-electron chi connectivity index (χ3n) is 5.76. The minimum atomic E-state index is -4.16. The molecule has 0 saturated carbocycles. The van der Waals surface area contributed by atoms with Crippen LogP contribution in [0.5, 0.6) is 5.75 Å². The molecule has 0 spiro atoms. The second-order valence-electron chi connectivity index (χ2n) is 7.97. The standard InChI is InChI=1S/C21H32F3N5O.HI/c1-25-20(27-17-8-11-28(14-17)15-21(22,23)24)26-13-19(29-9-3-4-10-29)16-6-5-7-18(12-16)30-2;/h5-7,12,17,19H,3-4,8-11,13-15H2,1-2H3,(H2,25,26,27);1H. The highest BCUT2D eigenvalue weighted by Gasteiger charge is 2.34. The first kappa shape index (κ1) is 26.0. The quantitative estimate of drug-likeness (QED) is 0.308. The van der Waals surface area contributed by atoms with Crippen LogP contribution < -0.4 is 15.4 Å². The Morgan fingerprint density at radius 2 is 2.00 bits per heavy atom. The number of nitrogens with one attached hydrogen (secondary N) is 2. The number of methoxy groups -OCH3 is 1. The van der Waals surface area contributed by atoms with E-state index < -0.39 is 12.7 Å². The number of hydrogen-bond donors (Lipinski definition) is 2. The predicted octanol–water partition coefficient (Wildman–Crippen LogP) is 3.25. The summed E-state index contributed by atoms with van der Waals surface area (Å²) >= 11 is 0. The van der Waals surface area contributed by atoms with Crippen molar-refractivity contribution < 1.29 is 17.9 Å². The smallest absolute Gasteiger partial charge is 0.401 e. The van der Waals surface area contributed by atoms with Crippen molar-refractivity contribution in [1.29, 1.82) is 0 Å². The Morgan fingerprint density at radius 3 is 2.65 bits per heavy atom. The lowest BCUT2D eigenvalue weighted by Gasteiger charge is -2.29. The summed E-state index contributed by atoms with van der Waals surface area (Å²) in [5.74, 6) is 1.45. The van der Waals surface area contributed by atoms with Crippen LogP contribution in [0.3, 0.4) is 0 Å². The van der Waals surface area contributed by atoms with Gasteiger partial charge in [0.05, 0.1) is 19.7 Å². The van der Waals surface area contributed by atoms with Gasteiger partial charge in [0.25, 0.3) is 0 Å². The second kappa shape index (κ2) is 12.1. The Morgan fingerprint density at radius 1 is 1.26 bits per heavy atom. The van der Waals surface area contributed by atoms with Crippen LogP contribution in [0.1, 0.15) is 30.9 Å². The topological polar surface area (TPSA) is 52.1 Å². The number of ether oxygens (including phenoxy) is 1. The van der Waals surface area contributed by atoms with E-state index in [0.717, 1.165) is 18.8 Å². The lowest BCUT2D eigenvalue weighted by molar-refractivity contribution is -0.143. The Bertz CT molecular complexity index is 713. The van der Waals surface area contributed by atoms with E-state index >= 15 is 0 Å². The van der Waals surface area contributed by atoms with Gasteiger partial charge in [-0.05, 0) is 50.0 Å². The molecule has 2 aliphatic heterocycles. The predicted molar refractivity (Wildman–Crippen MR) is 127 cm³/mol. The summed E-state index contributed by atoms with van der Waals surface area (Å²) in [5, 5.41) is 6.68. The van der Waals surface area contributed by atoms with Gasteiger partial charge >= 0.3 is 6.18 Å². The molecule has 0 radical (unpaired) electrons. The fraction of sp³-hybridized carbons (Fsp3) is 0.667. The Kier molecular flexibility index (Phi) is 10.1. The van der Waals surface area contributed by atoms with E-state index in [0.29, 0.717) is 32.0 Å². The fourth-order valence-corrected chi connectivity index (χ4v) is 4.29. The van der Waals surface area contributed by atoms with Crippen molar-refractivity contribution in [2.75, 3.05) is 53.4 Å². The van der Waals surface area contributed by atoms with Crippen molar-refractivity contribution in [3.63, 3.8) is 0 Å². The lowest BCUT2D eigenvalue weighted by Crippen LogP contribution is -2.47. The molecule has 2 atom stereocenters. The van der Waals surface area contributed by atoms with Crippen LogP contribution in [0.2, 0.25) is 0 Å². The minimum absolute atomic E-state index is 0. The minimum Gasteiger partial charge on any atom is -0.497 e. The van der Waals surface area contributed by atoms with Crippen molar-refractivity contribution in [1.82, 2.24) is 20.4 Å². The molecule has 3 rings (SSSR count). The van der Waals surface area contributed by atoms with Gasteiger partial charge in [0.15, 0.2) is 5.96 Å². The first-order chi connectivity index (χ1) is 14.4. The zero-order valence-electron chi connectivity index (χ0n) is 18.1. The molecular formula is C21H33F3IN5O. The van der Waals surface area contributed by atoms with Crippen molar-refractivity contribution >= 4 is 29.9 Å². The van der Waals surface area contributed by atoms with Gasteiger partial charge in [-0.1, -0.05) is 12.1 Å². The SMILES string of the molecule is CN=C(NCC(c1cccc(OC)c1)N1CCCC1)NC1CCN(CC(F)(F)F)C1.I. The normalized spacial score (nSPS) is 21.6. The summed E-state index contributed by atoms with van der Waals surface area (Å²) in [6, 6.07) is 8.23. The van der Waals surface area contributed by atoms with Crippen molar-refractivity contribution in [3.05, 3.63) is 29.8 Å². The van der Waals surface area contributed by atoms with E-state index in [2.05, 4.69) is 32.7 Å². The molecule has 0 amide bonds. The number of benzene rings is 1. The summed E-state index contributed by atoms with van der Waals surface area (Å²) in [6.07, 6.45) is -1.12. The maximum absolute atomic E-state index is 12.6. The number of likely N-dealkylation sites (tertiary alicyclic amines) is 2. The summed E-state index contributed by atoms with van der Waals surface area (Å²) < 4.78 is 43.3. The number of aliphatic imine (C=N–C) groups is 1. The van der Waals surface area contributed by atoms with Crippen LogP contribution in [0.25, 0.3) is 0 Å². The molecule has 1 aromatic rings. The fourth-order valence-electron chi connectivity index (χ4n) is 4.29. The van der Waals surface area contributed by atoms with E-state index in [4.69, 9.17) is 4.74 Å². The molecule has 2 heterocycles. The molecule has 10 heteroatoms. The van der Waals surface area contributed by atoms with Gasteiger partial charge in [0.1, 0.15) is 5.75 Å².